The zero-order chi connectivity index (χ0) is 13.1. The number of hydrogen-bond acceptors (Lipinski definition) is 4. The molecule has 0 saturated carbocycles. The van der Waals surface area contributed by atoms with Crippen LogP contribution in [0, 0.1) is 5.92 Å². The van der Waals surface area contributed by atoms with E-state index < -0.39 is 0 Å². The summed E-state index contributed by atoms with van der Waals surface area (Å²) >= 11 is 0. The molecule has 2 unspecified atom stereocenters. The molecule has 0 spiro atoms. The molecule has 2 rings (SSSR count). The van der Waals surface area contributed by atoms with Crippen LogP contribution < -0.4 is 20.1 Å². The third-order valence-corrected chi connectivity index (χ3v) is 3.42. The Morgan fingerprint density at radius 3 is 2.50 bits per heavy atom. The lowest BCUT2D eigenvalue weighted by molar-refractivity contribution is 0.354. The Hall–Kier alpha value is -1.42. The summed E-state index contributed by atoms with van der Waals surface area (Å²) in [4.78, 5) is 2.32. The van der Waals surface area contributed by atoms with Crippen molar-refractivity contribution in [3.63, 3.8) is 0 Å². The summed E-state index contributed by atoms with van der Waals surface area (Å²) in [5.41, 5.74) is 7.23. The van der Waals surface area contributed by atoms with E-state index in [2.05, 4.69) is 17.9 Å². The average Bonchev–Trinajstić information content (AvgIpc) is 2.36. The van der Waals surface area contributed by atoms with Gasteiger partial charge in [0.05, 0.1) is 14.2 Å². The lowest BCUT2D eigenvalue weighted by atomic mass is 9.96. The average molecular weight is 250 g/mol. The highest BCUT2D eigenvalue weighted by atomic mass is 16.5. The van der Waals surface area contributed by atoms with Crippen molar-refractivity contribution < 1.29 is 9.47 Å². The summed E-state index contributed by atoms with van der Waals surface area (Å²) in [5.74, 6) is 2.15. The predicted octanol–water partition coefficient (Wildman–Crippen LogP) is 1.88. The minimum Gasteiger partial charge on any atom is -0.493 e. The van der Waals surface area contributed by atoms with Gasteiger partial charge in [-0.05, 0) is 24.5 Å². The van der Waals surface area contributed by atoms with Gasteiger partial charge in [0.1, 0.15) is 0 Å². The molecule has 0 radical (unpaired) electrons. The van der Waals surface area contributed by atoms with E-state index in [1.807, 2.05) is 12.1 Å². The fraction of sp³-hybridized carbons (Fsp3) is 0.571. The molecule has 1 aliphatic heterocycles. The molecule has 100 valence electrons. The van der Waals surface area contributed by atoms with Crippen LogP contribution in [-0.2, 0) is 0 Å². The minimum atomic E-state index is 0.252. The van der Waals surface area contributed by atoms with Crippen LogP contribution in [0.1, 0.15) is 13.3 Å². The quantitative estimate of drug-likeness (QED) is 0.889. The first-order valence-electron chi connectivity index (χ1n) is 6.36. The fourth-order valence-corrected chi connectivity index (χ4v) is 2.63. The van der Waals surface area contributed by atoms with Crippen LogP contribution in [-0.4, -0.2) is 33.4 Å². The van der Waals surface area contributed by atoms with Gasteiger partial charge in [-0.3, -0.25) is 0 Å². The molecule has 4 heteroatoms. The molecule has 1 saturated heterocycles. The monoisotopic (exact) mass is 250 g/mol. The Bertz CT molecular complexity index is 399. The van der Waals surface area contributed by atoms with Gasteiger partial charge in [-0.25, -0.2) is 0 Å². The van der Waals surface area contributed by atoms with Crippen LogP contribution in [0.2, 0.25) is 0 Å². The van der Waals surface area contributed by atoms with Crippen LogP contribution in [0.25, 0.3) is 0 Å². The zero-order valence-electron chi connectivity index (χ0n) is 11.3. The molecule has 0 bridgehead atoms. The van der Waals surface area contributed by atoms with E-state index in [4.69, 9.17) is 15.2 Å². The normalized spacial score (nSPS) is 23.9. The van der Waals surface area contributed by atoms with Gasteiger partial charge in [-0.15, -0.1) is 0 Å². The standard InChI is InChI=1S/C14H22N2O2/c1-10-6-11(15)9-16(8-10)12-4-5-13(17-2)14(7-12)18-3/h4-5,7,10-11H,6,8-9,15H2,1-3H3. The topological polar surface area (TPSA) is 47.7 Å². The number of anilines is 1. The van der Waals surface area contributed by atoms with Crippen molar-refractivity contribution in [2.45, 2.75) is 19.4 Å². The van der Waals surface area contributed by atoms with Crippen LogP contribution >= 0.6 is 0 Å². The van der Waals surface area contributed by atoms with Crippen molar-refractivity contribution in [3.05, 3.63) is 18.2 Å². The van der Waals surface area contributed by atoms with E-state index in [9.17, 15) is 0 Å². The molecule has 18 heavy (non-hydrogen) atoms. The molecule has 2 atom stereocenters. The van der Waals surface area contributed by atoms with E-state index in [0.717, 1.165) is 36.7 Å². The van der Waals surface area contributed by atoms with Crippen LogP contribution in [0.5, 0.6) is 11.5 Å². The highest BCUT2D eigenvalue weighted by molar-refractivity contribution is 5.56. The largest absolute Gasteiger partial charge is 0.493 e. The van der Waals surface area contributed by atoms with Crippen LogP contribution in [0.3, 0.4) is 0 Å². The summed E-state index contributed by atoms with van der Waals surface area (Å²) in [5, 5.41) is 0. The molecule has 0 aliphatic carbocycles. The first kappa shape index (κ1) is 13.0. The van der Waals surface area contributed by atoms with Gasteiger partial charge in [0, 0.05) is 30.9 Å². The van der Waals surface area contributed by atoms with Crippen molar-refractivity contribution in [1.82, 2.24) is 0 Å². The third-order valence-electron chi connectivity index (χ3n) is 3.42. The molecular formula is C14H22N2O2. The van der Waals surface area contributed by atoms with E-state index in [-0.39, 0.29) is 6.04 Å². The second-order valence-electron chi connectivity index (χ2n) is 5.05. The molecule has 1 aliphatic rings. The molecule has 1 fully saturated rings. The van der Waals surface area contributed by atoms with Gasteiger partial charge in [0.2, 0.25) is 0 Å². The maximum atomic E-state index is 6.08. The third kappa shape index (κ3) is 2.70. The van der Waals surface area contributed by atoms with Gasteiger partial charge in [0.15, 0.2) is 11.5 Å². The summed E-state index contributed by atoms with van der Waals surface area (Å²) in [6.07, 6.45) is 1.10. The van der Waals surface area contributed by atoms with Crippen molar-refractivity contribution in [2.24, 2.45) is 11.7 Å². The molecule has 0 amide bonds. The maximum Gasteiger partial charge on any atom is 0.162 e. The van der Waals surface area contributed by atoms with Crippen LogP contribution in [0.4, 0.5) is 5.69 Å². The summed E-state index contributed by atoms with van der Waals surface area (Å²) in [6, 6.07) is 6.27. The van der Waals surface area contributed by atoms with Gasteiger partial charge >= 0.3 is 0 Å². The second kappa shape index (κ2) is 5.48. The lowest BCUT2D eigenvalue weighted by Crippen LogP contribution is -2.46. The Morgan fingerprint density at radius 1 is 1.17 bits per heavy atom. The molecule has 4 nitrogen and oxygen atoms in total. The SMILES string of the molecule is COc1ccc(N2CC(C)CC(N)C2)cc1OC. The highest BCUT2D eigenvalue weighted by Crippen LogP contribution is 2.32. The molecule has 0 aromatic heterocycles. The maximum absolute atomic E-state index is 6.08. The zero-order valence-corrected chi connectivity index (χ0v) is 11.3. The first-order chi connectivity index (χ1) is 8.63. The van der Waals surface area contributed by atoms with E-state index in [0.29, 0.717) is 5.92 Å². The summed E-state index contributed by atoms with van der Waals surface area (Å²) < 4.78 is 10.6. The molecule has 2 N–H and O–H groups in total. The number of ether oxygens (including phenoxy) is 2. The number of hydrogen-bond donors (Lipinski definition) is 1. The molecule has 1 heterocycles. The Kier molecular flexibility index (Phi) is 3.97. The predicted molar refractivity (Wildman–Crippen MR) is 73.5 cm³/mol. The molecule has 1 aromatic rings. The van der Waals surface area contributed by atoms with E-state index >= 15 is 0 Å². The Labute approximate surface area is 109 Å². The number of benzene rings is 1. The number of methoxy groups -OCH3 is 2. The highest BCUT2D eigenvalue weighted by Gasteiger charge is 2.23. The number of nitrogens with zero attached hydrogens (tertiary/aromatic N) is 1. The summed E-state index contributed by atoms with van der Waals surface area (Å²) in [6.45, 7) is 4.19. The van der Waals surface area contributed by atoms with Crippen molar-refractivity contribution in [1.29, 1.82) is 0 Å². The van der Waals surface area contributed by atoms with Gasteiger partial charge < -0.3 is 20.1 Å². The van der Waals surface area contributed by atoms with Gasteiger partial charge in [-0.1, -0.05) is 6.92 Å². The minimum absolute atomic E-state index is 0.252. The van der Waals surface area contributed by atoms with Gasteiger partial charge in [-0.2, -0.15) is 0 Å². The van der Waals surface area contributed by atoms with Crippen molar-refractivity contribution in [2.75, 3.05) is 32.2 Å². The van der Waals surface area contributed by atoms with Crippen molar-refractivity contribution >= 4 is 5.69 Å². The van der Waals surface area contributed by atoms with Gasteiger partial charge in [0.25, 0.3) is 0 Å². The first-order valence-corrected chi connectivity index (χ1v) is 6.36. The second-order valence-corrected chi connectivity index (χ2v) is 5.05. The Balaban J connectivity index is 2.22. The molecular weight excluding hydrogens is 228 g/mol. The Morgan fingerprint density at radius 2 is 1.89 bits per heavy atom. The van der Waals surface area contributed by atoms with Crippen molar-refractivity contribution in [3.8, 4) is 11.5 Å². The smallest absolute Gasteiger partial charge is 0.162 e. The van der Waals surface area contributed by atoms with E-state index in [1.165, 1.54) is 0 Å². The van der Waals surface area contributed by atoms with Crippen LogP contribution in [0.15, 0.2) is 18.2 Å². The number of rotatable bonds is 3. The number of piperidine rings is 1. The molecule has 1 aromatic carbocycles. The lowest BCUT2D eigenvalue weighted by Gasteiger charge is -2.36. The summed E-state index contributed by atoms with van der Waals surface area (Å²) in [7, 11) is 3.31. The number of nitrogens with two attached hydrogens (primary N) is 1. The fourth-order valence-electron chi connectivity index (χ4n) is 2.63. The van der Waals surface area contributed by atoms with E-state index in [1.54, 1.807) is 14.2 Å².